The van der Waals surface area contributed by atoms with Crippen LogP contribution in [-0.2, 0) is 6.61 Å². The van der Waals surface area contributed by atoms with E-state index in [0.717, 1.165) is 22.4 Å². The third kappa shape index (κ3) is 3.84. The molecule has 0 fully saturated rings. The molecule has 3 rings (SSSR count). The predicted octanol–water partition coefficient (Wildman–Crippen LogP) is 4.31. The van der Waals surface area contributed by atoms with Crippen molar-refractivity contribution >= 4 is 5.69 Å². The zero-order chi connectivity index (χ0) is 16.8. The second-order valence-corrected chi connectivity index (χ2v) is 5.35. The Morgan fingerprint density at radius 1 is 0.958 bits per heavy atom. The van der Waals surface area contributed by atoms with Crippen LogP contribution in [0.3, 0.4) is 0 Å². The Bertz CT molecular complexity index is 786. The van der Waals surface area contributed by atoms with Crippen LogP contribution in [-0.4, -0.2) is 11.6 Å². The number of nitrogen functional groups attached to an aromatic ring is 1. The normalized spacial score (nSPS) is 10.4. The minimum Gasteiger partial charge on any atom is -0.493 e. The van der Waals surface area contributed by atoms with Gasteiger partial charge in [-0.15, -0.1) is 0 Å². The maximum absolute atomic E-state index is 5.84. The molecule has 2 aromatic carbocycles. The van der Waals surface area contributed by atoms with E-state index >= 15 is 0 Å². The molecule has 0 unspecified atom stereocenters. The molecule has 0 atom stereocenters. The fourth-order valence-electron chi connectivity index (χ4n) is 2.41. The molecule has 0 saturated heterocycles. The van der Waals surface area contributed by atoms with Crippen LogP contribution < -0.4 is 15.2 Å². The van der Waals surface area contributed by atoms with E-state index in [1.54, 1.807) is 6.20 Å². The van der Waals surface area contributed by atoms with Crippen LogP contribution in [0.15, 0.2) is 66.9 Å². The highest BCUT2D eigenvalue weighted by Gasteiger charge is 2.08. The third-order valence-corrected chi connectivity index (χ3v) is 3.58. The van der Waals surface area contributed by atoms with Gasteiger partial charge in [-0.05, 0) is 30.7 Å². The molecule has 122 valence electrons. The zero-order valence-corrected chi connectivity index (χ0v) is 13.6. The second-order valence-electron chi connectivity index (χ2n) is 5.35. The van der Waals surface area contributed by atoms with Gasteiger partial charge in [0, 0.05) is 35.1 Å². The molecule has 0 spiro atoms. The Kier molecular flexibility index (Phi) is 4.96. The fraction of sp³-hybridized carbons (Fsp3) is 0.150. The minimum atomic E-state index is 0.499. The second kappa shape index (κ2) is 7.51. The van der Waals surface area contributed by atoms with E-state index in [-0.39, 0.29) is 0 Å². The summed E-state index contributed by atoms with van der Waals surface area (Å²) >= 11 is 0. The number of benzene rings is 2. The van der Waals surface area contributed by atoms with Crippen LogP contribution in [0.25, 0.3) is 11.1 Å². The number of pyridine rings is 1. The lowest BCUT2D eigenvalue weighted by Crippen LogP contribution is -1.98. The van der Waals surface area contributed by atoms with E-state index in [4.69, 9.17) is 15.2 Å². The maximum atomic E-state index is 5.84. The molecule has 0 bridgehead atoms. The molecule has 0 aliphatic carbocycles. The van der Waals surface area contributed by atoms with Crippen molar-refractivity contribution in [3.63, 3.8) is 0 Å². The van der Waals surface area contributed by atoms with Crippen molar-refractivity contribution in [2.24, 2.45) is 0 Å². The van der Waals surface area contributed by atoms with Crippen LogP contribution in [0.2, 0.25) is 0 Å². The Balaban J connectivity index is 1.75. The van der Waals surface area contributed by atoms with Crippen molar-refractivity contribution in [3.05, 3.63) is 72.4 Å². The van der Waals surface area contributed by atoms with E-state index in [1.165, 1.54) is 0 Å². The molecule has 0 saturated carbocycles. The van der Waals surface area contributed by atoms with Gasteiger partial charge in [0.05, 0.1) is 6.61 Å². The number of anilines is 1. The number of aromatic nitrogens is 1. The Labute approximate surface area is 141 Å². The van der Waals surface area contributed by atoms with Crippen molar-refractivity contribution < 1.29 is 9.47 Å². The highest BCUT2D eigenvalue weighted by atomic mass is 16.5. The van der Waals surface area contributed by atoms with Crippen molar-refractivity contribution in [1.82, 2.24) is 4.98 Å². The third-order valence-electron chi connectivity index (χ3n) is 3.58. The first-order chi connectivity index (χ1) is 11.8. The van der Waals surface area contributed by atoms with E-state index in [2.05, 4.69) is 4.98 Å². The van der Waals surface area contributed by atoms with Gasteiger partial charge in [0.15, 0.2) is 0 Å². The Morgan fingerprint density at radius 3 is 2.50 bits per heavy atom. The first kappa shape index (κ1) is 15.9. The van der Waals surface area contributed by atoms with Gasteiger partial charge in [-0.3, -0.25) is 0 Å². The molecule has 4 heteroatoms. The van der Waals surface area contributed by atoms with E-state index < -0.39 is 0 Å². The average molecular weight is 320 g/mol. The summed E-state index contributed by atoms with van der Waals surface area (Å²) in [7, 11) is 0. The molecule has 0 amide bonds. The molecule has 4 nitrogen and oxygen atoms in total. The van der Waals surface area contributed by atoms with E-state index in [0.29, 0.717) is 24.8 Å². The molecular weight excluding hydrogens is 300 g/mol. The van der Waals surface area contributed by atoms with Gasteiger partial charge in [0.1, 0.15) is 12.4 Å². The number of rotatable bonds is 6. The lowest BCUT2D eigenvalue weighted by atomic mass is 10.1. The van der Waals surface area contributed by atoms with Crippen LogP contribution in [0.5, 0.6) is 11.6 Å². The average Bonchev–Trinajstić information content (AvgIpc) is 2.62. The molecule has 3 aromatic rings. The summed E-state index contributed by atoms with van der Waals surface area (Å²) in [5.74, 6) is 1.35. The van der Waals surface area contributed by atoms with Crippen LogP contribution in [0.4, 0.5) is 5.69 Å². The highest BCUT2D eigenvalue weighted by Crippen LogP contribution is 2.32. The standard InChI is InChI=1S/C20H20N2O2/c1-2-23-19-12-17(21)9-10-18(19)16-8-11-20(22-13-16)24-14-15-6-4-3-5-7-15/h3-13H,2,14,21H2,1H3. The molecular formula is C20H20N2O2. The number of nitrogens with zero attached hydrogens (tertiary/aromatic N) is 1. The van der Waals surface area contributed by atoms with Gasteiger partial charge in [-0.25, -0.2) is 4.98 Å². The lowest BCUT2D eigenvalue weighted by Gasteiger charge is -2.11. The Hall–Kier alpha value is -3.01. The molecule has 24 heavy (non-hydrogen) atoms. The number of hydrogen-bond donors (Lipinski definition) is 1. The molecule has 0 radical (unpaired) electrons. The smallest absolute Gasteiger partial charge is 0.213 e. The minimum absolute atomic E-state index is 0.499. The topological polar surface area (TPSA) is 57.4 Å². The van der Waals surface area contributed by atoms with Crippen molar-refractivity contribution in [1.29, 1.82) is 0 Å². The zero-order valence-electron chi connectivity index (χ0n) is 13.6. The fourth-order valence-corrected chi connectivity index (χ4v) is 2.41. The quantitative estimate of drug-likeness (QED) is 0.688. The summed E-state index contributed by atoms with van der Waals surface area (Å²) in [5, 5.41) is 0. The molecule has 1 aromatic heterocycles. The monoisotopic (exact) mass is 320 g/mol. The van der Waals surface area contributed by atoms with Crippen molar-refractivity contribution in [3.8, 4) is 22.8 Å². The predicted molar refractivity (Wildman–Crippen MR) is 96.0 cm³/mol. The van der Waals surface area contributed by atoms with Gasteiger partial charge < -0.3 is 15.2 Å². The first-order valence-corrected chi connectivity index (χ1v) is 7.91. The maximum Gasteiger partial charge on any atom is 0.213 e. The summed E-state index contributed by atoms with van der Waals surface area (Å²) in [6.45, 7) is 3.03. The Morgan fingerprint density at radius 2 is 1.79 bits per heavy atom. The molecule has 0 aliphatic rings. The number of nitrogens with two attached hydrogens (primary N) is 1. The summed E-state index contributed by atoms with van der Waals surface area (Å²) in [5.41, 5.74) is 9.56. The largest absolute Gasteiger partial charge is 0.493 e. The van der Waals surface area contributed by atoms with Crippen LogP contribution in [0, 0.1) is 0 Å². The summed E-state index contributed by atoms with van der Waals surface area (Å²) < 4.78 is 11.4. The van der Waals surface area contributed by atoms with Gasteiger partial charge in [-0.1, -0.05) is 30.3 Å². The van der Waals surface area contributed by atoms with Gasteiger partial charge in [0.25, 0.3) is 0 Å². The van der Waals surface area contributed by atoms with Crippen molar-refractivity contribution in [2.45, 2.75) is 13.5 Å². The van der Waals surface area contributed by atoms with Crippen molar-refractivity contribution in [2.75, 3.05) is 12.3 Å². The lowest BCUT2D eigenvalue weighted by molar-refractivity contribution is 0.294. The van der Waals surface area contributed by atoms with Crippen LogP contribution in [0.1, 0.15) is 12.5 Å². The summed E-state index contributed by atoms with van der Waals surface area (Å²) in [4.78, 5) is 4.38. The summed E-state index contributed by atoms with van der Waals surface area (Å²) in [6.07, 6.45) is 1.79. The number of hydrogen-bond acceptors (Lipinski definition) is 4. The van der Waals surface area contributed by atoms with Gasteiger partial charge in [-0.2, -0.15) is 0 Å². The van der Waals surface area contributed by atoms with E-state index in [1.807, 2.05) is 67.6 Å². The molecule has 0 aliphatic heterocycles. The molecule has 1 heterocycles. The van der Waals surface area contributed by atoms with Gasteiger partial charge >= 0.3 is 0 Å². The molecule has 2 N–H and O–H groups in total. The highest BCUT2D eigenvalue weighted by molar-refractivity contribution is 5.72. The first-order valence-electron chi connectivity index (χ1n) is 7.91. The van der Waals surface area contributed by atoms with Gasteiger partial charge in [0.2, 0.25) is 5.88 Å². The summed E-state index contributed by atoms with van der Waals surface area (Å²) in [6, 6.07) is 19.5. The number of ether oxygens (including phenoxy) is 2. The SMILES string of the molecule is CCOc1cc(N)ccc1-c1ccc(OCc2ccccc2)nc1. The van der Waals surface area contributed by atoms with E-state index in [9.17, 15) is 0 Å². The van der Waals surface area contributed by atoms with Crippen LogP contribution >= 0.6 is 0 Å².